The number of aliphatic hydroxyl groups is 1. The molecule has 172 valence electrons. The standard InChI is InChI=1S/C18H37N5O4S.HI/c1-3-19-17(20-7-12-28(25,26)22-13-16-5-4-6-16)21-14-18(2,24)15-23-8-10-27-11-9-23;/h16,22,24H,3-15H2,1-2H3,(H2,19,20,21);1H. The lowest BCUT2D eigenvalue weighted by atomic mass is 9.86. The summed E-state index contributed by atoms with van der Waals surface area (Å²) in [4.78, 5) is 6.60. The van der Waals surface area contributed by atoms with E-state index in [9.17, 15) is 13.5 Å². The highest BCUT2D eigenvalue weighted by Crippen LogP contribution is 2.25. The molecule has 11 heteroatoms. The fourth-order valence-corrected chi connectivity index (χ4v) is 4.20. The molecule has 1 saturated carbocycles. The summed E-state index contributed by atoms with van der Waals surface area (Å²) in [6.45, 7) is 8.92. The van der Waals surface area contributed by atoms with Crippen LogP contribution in [0.4, 0.5) is 0 Å². The second kappa shape index (κ2) is 13.3. The molecule has 29 heavy (non-hydrogen) atoms. The molecule has 2 rings (SSSR count). The minimum atomic E-state index is -3.29. The van der Waals surface area contributed by atoms with Gasteiger partial charge < -0.3 is 20.5 Å². The third-order valence-corrected chi connectivity index (χ3v) is 6.42. The molecule has 1 aliphatic carbocycles. The first-order chi connectivity index (χ1) is 13.3. The quantitative estimate of drug-likeness (QED) is 0.163. The molecular formula is C18H38IN5O4S. The Bertz CT molecular complexity index is 593. The number of halogens is 1. The van der Waals surface area contributed by atoms with Crippen LogP contribution in [-0.2, 0) is 14.8 Å². The van der Waals surface area contributed by atoms with Gasteiger partial charge in [-0.2, -0.15) is 0 Å². The van der Waals surface area contributed by atoms with E-state index in [0.717, 1.165) is 25.9 Å². The highest BCUT2D eigenvalue weighted by Gasteiger charge is 2.25. The molecule has 0 amide bonds. The molecule has 0 aromatic carbocycles. The minimum Gasteiger partial charge on any atom is -0.387 e. The van der Waals surface area contributed by atoms with Gasteiger partial charge in [0, 0.05) is 39.3 Å². The number of aliphatic imine (C=N–C) groups is 1. The molecule has 0 aromatic rings. The maximum Gasteiger partial charge on any atom is 0.213 e. The van der Waals surface area contributed by atoms with Gasteiger partial charge in [-0.3, -0.25) is 9.89 Å². The molecule has 1 saturated heterocycles. The van der Waals surface area contributed by atoms with Crippen LogP contribution in [0.25, 0.3) is 0 Å². The predicted molar refractivity (Wildman–Crippen MR) is 126 cm³/mol. The Morgan fingerprint density at radius 3 is 2.55 bits per heavy atom. The van der Waals surface area contributed by atoms with E-state index in [0.29, 0.717) is 44.7 Å². The lowest BCUT2D eigenvalue weighted by molar-refractivity contribution is -0.0179. The average molecular weight is 548 g/mol. The summed E-state index contributed by atoms with van der Waals surface area (Å²) in [5, 5.41) is 16.8. The van der Waals surface area contributed by atoms with Crippen molar-refractivity contribution in [2.75, 3.05) is 64.8 Å². The number of guanidine groups is 1. The Labute approximate surface area is 192 Å². The molecule has 9 nitrogen and oxygen atoms in total. The maximum absolute atomic E-state index is 12.1. The number of hydrogen-bond donors (Lipinski definition) is 4. The topological polar surface area (TPSA) is 115 Å². The highest BCUT2D eigenvalue weighted by molar-refractivity contribution is 14.0. The Balaban J connectivity index is 0.00000420. The van der Waals surface area contributed by atoms with Crippen LogP contribution in [0.15, 0.2) is 4.99 Å². The summed E-state index contributed by atoms with van der Waals surface area (Å²) in [6, 6.07) is 0. The van der Waals surface area contributed by atoms with Crippen LogP contribution < -0.4 is 15.4 Å². The normalized spacial score (nSPS) is 21.0. The van der Waals surface area contributed by atoms with Crippen molar-refractivity contribution in [3.63, 3.8) is 0 Å². The van der Waals surface area contributed by atoms with Gasteiger partial charge in [-0.05, 0) is 32.6 Å². The van der Waals surface area contributed by atoms with Gasteiger partial charge in [-0.1, -0.05) is 6.42 Å². The van der Waals surface area contributed by atoms with Gasteiger partial charge in [0.2, 0.25) is 10.0 Å². The maximum atomic E-state index is 12.1. The number of nitrogens with zero attached hydrogens (tertiary/aromatic N) is 2. The molecule has 2 aliphatic rings. The van der Waals surface area contributed by atoms with E-state index in [4.69, 9.17) is 4.74 Å². The molecule has 2 fully saturated rings. The number of sulfonamides is 1. The van der Waals surface area contributed by atoms with Gasteiger partial charge in [0.1, 0.15) is 0 Å². The zero-order chi connectivity index (χ0) is 20.5. The van der Waals surface area contributed by atoms with Crippen LogP contribution >= 0.6 is 24.0 Å². The van der Waals surface area contributed by atoms with Crippen LogP contribution in [0, 0.1) is 5.92 Å². The number of rotatable bonds is 11. The number of β-amino-alcohol motifs (C(OH)–C–C–N with tert-alkyl or cyclic N) is 1. The third kappa shape index (κ3) is 11.1. The summed E-state index contributed by atoms with van der Waals surface area (Å²) < 4.78 is 32.2. The van der Waals surface area contributed by atoms with Crippen LogP contribution in [-0.4, -0.2) is 94.8 Å². The van der Waals surface area contributed by atoms with Crippen molar-refractivity contribution in [3.05, 3.63) is 0 Å². The SMILES string of the molecule is CCNC(=NCC(C)(O)CN1CCOCC1)NCCS(=O)(=O)NCC1CCC1.I. The van der Waals surface area contributed by atoms with Crippen molar-refractivity contribution < 1.29 is 18.3 Å². The first-order valence-corrected chi connectivity index (χ1v) is 12.0. The summed E-state index contributed by atoms with van der Waals surface area (Å²) in [7, 11) is -3.29. The van der Waals surface area contributed by atoms with E-state index in [1.165, 1.54) is 6.42 Å². The molecule has 0 bridgehead atoms. The van der Waals surface area contributed by atoms with Crippen molar-refractivity contribution in [3.8, 4) is 0 Å². The van der Waals surface area contributed by atoms with Crippen LogP contribution in [0.1, 0.15) is 33.1 Å². The van der Waals surface area contributed by atoms with Crippen LogP contribution in [0.5, 0.6) is 0 Å². The van der Waals surface area contributed by atoms with Gasteiger partial charge >= 0.3 is 0 Å². The zero-order valence-electron chi connectivity index (χ0n) is 17.7. The Morgan fingerprint density at radius 2 is 1.97 bits per heavy atom. The van der Waals surface area contributed by atoms with Crippen molar-refractivity contribution in [1.82, 2.24) is 20.3 Å². The molecule has 1 atom stereocenters. The predicted octanol–water partition coefficient (Wildman–Crippen LogP) is -0.0378. The monoisotopic (exact) mass is 547 g/mol. The Hall–Kier alpha value is -0.210. The highest BCUT2D eigenvalue weighted by atomic mass is 127. The summed E-state index contributed by atoms with van der Waals surface area (Å²) in [6.07, 6.45) is 3.43. The summed E-state index contributed by atoms with van der Waals surface area (Å²) in [5.74, 6) is 1.00. The number of ether oxygens (including phenoxy) is 1. The van der Waals surface area contributed by atoms with Crippen LogP contribution in [0.3, 0.4) is 0 Å². The molecule has 4 N–H and O–H groups in total. The fraction of sp³-hybridized carbons (Fsp3) is 0.944. The van der Waals surface area contributed by atoms with Gasteiger partial charge in [-0.15, -0.1) is 24.0 Å². The van der Waals surface area contributed by atoms with Crippen molar-refractivity contribution in [2.45, 2.75) is 38.7 Å². The lowest BCUT2D eigenvalue weighted by Gasteiger charge is -2.33. The van der Waals surface area contributed by atoms with E-state index >= 15 is 0 Å². The third-order valence-electron chi connectivity index (χ3n) is 5.07. The average Bonchev–Trinajstić information content (AvgIpc) is 2.58. The van der Waals surface area contributed by atoms with E-state index in [2.05, 4.69) is 25.2 Å². The largest absolute Gasteiger partial charge is 0.387 e. The van der Waals surface area contributed by atoms with Gasteiger partial charge in [-0.25, -0.2) is 13.1 Å². The second-order valence-corrected chi connectivity index (χ2v) is 9.90. The van der Waals surface area contributed by atoms with Crippen molar-refractivity contribution >= 4 is 40.0 Å². The molecule has 1 heterocycles. The molecular weight excluding hydrogens is 509 g/mol. The number of morpholine rings is 1. The molecule has 0 spiro atoms. The number of hydrogen-bond acceptors (Lipinski definition) is 6. The molecule has 1 unspecified atom stereocenters. The van der Waals surface area contributed by atoms with Gasteiger partial charge in [0.15, 0.2) is 5.96 Å². The van der Waals surface area contributed by atoms with E-state index < -0.39 is 15.6 Å². The van der Waals surface area contributed by atoms with E-state index in [1.54, 1.807) is 6.92 Å². The van der Waals surface area contributed by atoms with E-state index in [1.807, 2.05) is 6.92 Å². The molecule has 0 radical (unpaired) electrons. The van der Waals surface area contributed by atoms with Crippen LogP contribution in [0.2, 0.25) is 0 Å². The smallest absolute Gasteiger partial charge is 0.213 e. The first kappa shape index (κ1) is 26.8. The van der Waals surface area contributed by atoms with Crippen molar-refractivity contribution in [2.24, 2.45) is 10.9 Å². The van der Waals surface area contributed by atoms with Gasteiger partial charge in [0.05, 0.1) is 31.1 Å². The Morgan fingerprint density at radius 1 is 1.28 bits per heavy atom. The van der Waals surface area contributed by atoms with E-state index in [-0.39, 0.29) is 42.8 Å². The molecule has 1 aliphatic heterocycles. The second-order valence-electron chi connectivity index (χ2n) is 7.97. The van der Waals surface area contributed by atoms with Gasteiger partial charge in [0.25, 0.3) is 0 Å². The molecule has 0 aromatic heterocycles. The minimum absolute atomic E-state index is 0. The first-order valence-electron chi connectivity index (χ1n) is 10.3. The Kier molecular flexibility index (Phi) is 12.3. The fourth-order valence-electron chi connectivity index (χ4n) is 3.20. The summed E-state index contributed by atoms with van der Waals surface area (Å²) in [5.41, 5.74) is -0.962. The zero-order valence-corrected chi connectivity index (χ0v) is 20.8. The summed E-state index contributed by atoms with van der Waals surface area (Å²) >= 11 is 0. The number of nitrogens with one attached hydrogen (secondary N) is 3. The van der Waals surface area contributed by atoms with Crippen molar-refractivity contribution in [1.29, 1.82) is 0 Å². The lowest BCUT2D eigenvalue weighted by Crippen LogP contribution is -2.48.